The Kier molecular flexibility index (Phi) is 6.58. The molecule has 0 saturated carbocycles. The lowest BCUT2D eigenvalue weighted by Crippen LogP contribution is -2.26. The van der Waals surface area contributed by atoms with Crippen LogP contribution in [0.2, 0.25) is 0 Å². The minimum atomic E-state index is -0.0411. The molecule has 0 saturated heterocycles. The van der Waals surface area contributed by atoms with Gasteiger partial charge >= 0.3 is 0 Å². The molecule has 0 aliphatic rings. The first-order valence-corrected chi connectivity index (χ1v) is 9.15. The highest BCUT2D eigenvalue weighted by molar-refractivity contribution is 5.76. The second-order valence-corrected chi connectivity index (χ2v) is 6.49. The van der Waals surface area contributed by atoms with Gasteiger partial charge in [0.05, 0.1) is 6.04 Å². The number of benzene rings is 2. The lowest BCUT2D eigenvalue weighted by atomic mass is 10.1. The van der Waals surface area contributed by atoms with E-state index in [1.807, 2.05) is 73.7 Å². The van der Waals surface area contributed by atoms with Crippen molar-refractivity contribution in [3.63, 3.8) is 0 Å². The van der Waals surface area contributed by atoms with Crippen molar-refractivity contribution >= 4 is 5.91 Å². The van der Waals surface area contributed by atoms with Gasteiger partial charge in [0.1, 0.15) is 12.4 Å². The average Bonchev–Trinajstić information content (AvgIpc) is 2.72. The van der Waals surface area contributed by atoms with E-state index < -0.39 is 0 Å². The predicted molar refractivity (Wildman–Crippen MR) is 106 cm³/mol. The van der Waals surface area contributed by atoms with Crippen molar-refractivity contribution in [2.75, 3.05) is 0 Å². The fraction of sp³-hybridized carbons (Fsp3) is 0.217. The van der Waals surface area contributed by atoms with Crippen LogP contribution in [0.25, 0.3) is 0 Å². The summed E-state index contributed by atoms with van der Waals surface area (Å²) in [5.74, 6) is 0.855. The predicted octanol–water partition coefficient (Wildman–Crippen LogP) is 4.47. The number of pyridine rings is 1. The quantitative estimate of drug-likeness (QED) is 0.645. The molecule has 138 valence electrons. The number of aromatic nitrogens is 1. The summed E-state index contributed by atoms with van der Waals surface area (Å²) in [5.41, 5.74) is 3.26. The highest BCUT2D eigenvalue weighted by Crippen LogP contribution is 2.19. The van der Waals surface area contributed by atoms with Gasteiger partial charge in [0.2, 0.25) is 5.91 Å². The molecule has 1 atom stereocenters. The summed E-state index contributed by atoms with van der Waals surface area (Å²) in [5, 5.41) is 3.06. The van der Waals surface area contributed by atoms with E-state index in [-0.39, 0.29) is 11.9 Å². The van der Waals surface area contributed by atoms with Gasteiger partial charge in [-0.15, -0.1) is 0 Å². The van der Waals surface area contributed by atoms with Crippen molar-refractivity contribution < 1.29 is 9.53 Å². The summed E-state index contributed by atoms with van der Waals surface area (Å²) in [7, 11) is 0. The Hall–Kier alpha value is -3.14. The fourth-order valence-corrected chi connectivity index (χ4v) is 2.80. The monoisotopic (exact) mass is 360 g/mol. The van der Waals surface area contributed by atoms with Crippen molar-refractivity contribution in [2.24, 2.45) is 0 Å². The van der Waals surface area contributed by atoms with Crippen LogP contribution in [0, 0.1) is 0 Å². The zero-order chi connectivity index (χ0) is 18.9. The minimum Gasteiger partial charge on any atom is -0.489 e. The van der Waals surface area contributed by atoms with Crippen LogP contribution in [0.15, 0.2) is 79.1 Å². The van der Waals surface area contributed by atoms with Gasteiger partial charge in [-0.25, -0.2) is 0 Å². The third kappa shape index (κ3) is 5.96. The van der Waals surface area contributed by atoms with Gasteiger partial charge in [-0.1, -0.05) is 48.5 Å². The van der Waals surface area contributed by atoms with Gasteiger partial charge in [0.25, 0.3) is 0 Å². The maximum atomic E-state index is 12.2. The number of carbonyl (C=O) groups excluding carboxylic acids is 1. The molecule has 0 radical (unpaired) electrons. The maximum absolute atomic E-state index is 12.2. The molecule has 1 aromatic heterocycles. The van der Waals surface area contributed by atoms with Gasteiger partial charge < -0.3 is 10.1 Å². The van der Waals surface area contributed by atoms with Crippen molar-refractivity contribution in [3.05, 3.63) is 95.8 Å². The van der Waals surface area contributed by atoms with Crippen LogP contribution < -0.4 is 10.1 Å². The first-order chi connectivity index (χ1) is 13.2. The Morgan fingerprint density at radius 2 is 1.74 bits per heavy atom. The third-order valence-electron chi connectivity index (χ3n) is 4.37. The molecule has 2 aromatic carbocycles. The van der Waals surface area contributed by atoms with E-state index in [9.17, 15) is 4.79 Å². The second kappa shape index (κ2) is 9.53. The molecule has 27 heavy (non-hydrogen) atoms. The Morgan fingerprint density at radius 1 is 1.00 bits per heavy atom. The van der Waals surface area contributed by atoms with Crippen LogP contribution >= 0.6 is 0 Å². The largest absolute Gasteiger partial charge is 0.489 e. The highest BCUT2D eigenvalue weighted by Gasteiger charge is 2.10. The first kappa shape index (κ1) is 18.6. The van der Waals surface area contributed by atoms with Crippen molar-refractivity contribution in [1.82, 2.24) is 10.3 Å². The van der Waals surface area contributed by atoms with Crippen LogP contribution in [0.4, 0.5) is 0 Å². The number of nitrogens with zero attached hydrogens (tertiary/aromatic N) is 1. The number of hydrogen-bond acceptors (Lipinski definition) is 3. The van der Waals surface area contributed by atoms with E-state index in [1.165, 1.54) is 5.56 Å². The van der Waals surface area contributed by atoms with Crippen molar-refractivity contribution in [1.29, 1.82) is 0 Å². The van der Waals surface area contributed by atoms with Gasteiger partial charge in [0, 0.05) is 24.4 Å². The van der Waals surface area contributed by atoms with E-state index in [0.29, 0.717) is 13.0 Å². The first-order valence-electron chi connectivity index (χ1n) is 9.15. The number of ether oxygens (including phenoxy) is 1. The molecule has 0 aliphatic carbocycles. The molecule has 0 bridgehead atoms. The molecule has 1 N–H and O–H groups in total. The lowest BCUT2D eigenvalue weighted by molar-refractivity contribution is -0.121. The summed E-state index contributed by atoms with van der Waals surface area (Å²) < 4.78 is 5.77. The Bertz CT molecular complexity index is 833. The average molecular weight is 360 g/mol. The zero-order valence-electron chi connectivity index (χ0n) is 15.5. The molecular weight excluding hydrogens is 336 g/mol. The number of amides is 1. The number of carbonyl (C=O) groups is 1. The molecule has 4 nitrogen and oxygen atoms in total. The normalized spacial score (nSPS) is 11.6. The van der Waals surface area contributed by atoms with E-state index in [2.05, 4.69) is 10.3 Å². The van der Waals surface area contributed by atoms with Crippen LogP contribution in [0.3, 0.4) is 0 Å². The third-order valence-corrected chi connectivity index (χ3v) is 4.37. The van der Waals surface area contributed by atoms with Crippen LogP contribution in [0.1, 0.15) is 36.1 Å². The molecule has 0 aliphatic heterocycles. The fourth-order valence-electron chi connectivity index (χ4n) is 2.80. The lowest BCUT2D eigenvalue weighted by Gasteiger charge is -2.15. The number of aryl methyl sites for hydroxylation is 1. The van der Waals surface area contributed by atoms with Crippen LogP contribution in [-0.2, 0) is 17.8 Å². The number of rotatable bonds is 8. The topological polar surface area (TPSA) is 51.2 Å². The second-order valence-electron chi connectivity index (χ2n) is 6.49. The van der Waals surface area contributed by atoms with Gasteiger partial charge in [-0.05, 0) is 42.7 Å². The standard InChI is InChI=1S/C23H24N2O2/c1-18(25-23(26)14-9-19-6-3-2-4-7-19)21-10-12-22(13-11-21)27-17-20-8-5-15-24-16-20/h2-8,10-13,15-16,18H,9,14,17H2,1H3,(H,25,26)/t18-/m0/s1. The van der Waals surface area contributed by atoms with Gasteiger partial charge in [-0.2, -0.15) is 0 Å². The highest BCUT2D eigenvalue weighted by atomic mass is 16.5. The van der Waals surface area contributed by atoms with Crippen LogP contribution in [0.5, 0.6) is 5.75 Å². The summed E-state index contributed by atoms with van der Waals surface area (Å²) in [4.78, 5) is 16.3. The molecule has 1 amide bonds. The Morgan fingerprint density at radius 3 is 2.44 bits per heavy atom. The molecular formula is C23H24N2O2. The van der Waals surface area contributed by atoms with Gasteiger partial charge in [0.15, 0.2) is 0 Å². The smallest absolute Gasteiger partial charge is 0.220 e. The molecule has 0 spiro atoms. The van der Waals surface area contributed by atoms with E-state index in [4.69, 9.17) is 4.74 Å². The van der Waals surface area contributed by atoms with Crippen LogP contribution in [-0.4, -0.2) is 10.9 Å². The van der Waals surface area contributed by atoms with E-state index >= 15 is 0 Å². The summed E-state index contributed by atoms with van der Waals surface area (Å²) in [6.45, 7) is 2.48. The number of nitrogens with one attached hydrogen (secondary N) is 1. The maximum Gasteiger partial charge on any atom is 0.220 e. The van der Waals surface area contributed by atoms with E-state index in [1.54, 1.807) is 12.4 Å². The molecule has 3 aromatic rings. The molecule has 1 heterocycles. The van der Waals surface area contributed by atoms with Crippen molar-refractivity contribution in [2.45, 2.75) is 32.4 Å². The van der Waals surface area contributed by atoms with Crippen molar-refractivity contribution in [3.8, 4) is 5.75 Å². The molecule has 0 fully saturated rings. The van der Waals surface area contributed by atoms with E-state index in [0.717, 1.165) is 23.3 Å². The minimum absolute atomic E-state index is 0.0411. The number of hydrogen-bond donors (Lipinski definition) is 1. The molecule has 4 heteroatoms. The summed E-state index contributed by atoms with van der Waals surface area (Å²) in [6.07, 6.45) is 4.77. The summed E-state index contributed by atoms with van der Waals surface area (Å²) >= 11 is 0. The molecule has 0 unspecified atom stereocenters. The SMILES string of the molecule is C[C@H](NC(=O)CCc1ccccc1)c1ccc(OCc2cccnc2)cc1. The molecule has 3 rings (SSSR count). The Labute approximate surface area is 160 Å². The summed E-state index contributed by atoms with van der Waals surface area (Å²) in [6, 6.07) is 21.7. The zero-order valence-corrected chi connectivity index (χ0v) is 15.5. The van der Waals surface area contributed by atoms with Gasteiger partial charge in [-0.3, -0.25) is 9.78 Å². The Balaban J connectivity index is 1.46.